The first-order valence-corrected chi connectivity index (χ1v) is 6.22. The third-order valence-corrected chi connectivity index (χ3v) is 3.06. The third kappa shape index (κ3) is 2.40. The van der Waals surface area contributed by atoms with Crippen molar-refractivity contribution in [3.63, 3.8) is 0 Å². The minimum Gasteiger partial charge on any atom is -0.382 e. The van der Waals surface area contributed by atoms with Gasteiger partial charge in [-0.2, -0.15) is 5.10 Å². The molecular formula is C13H16ClN3O. The van der Waals surface area contributed by atoms with Crippen LogP contribution in [0, 0.1) is 6.92 Å². The average molecular weight is 266 g/mol. The van der Waals surface area contributed by atoms with Crippen molar-refractivity contribution in [2.75, 3.05) is 0 Å². The minimum atomic E-state index is -0.788. The van der Waals surface area contributed by atoms with Crippen molar-refractivity contribution >= 4 is 11.6 Å². The fraction of sp³-hybridized carbons (Fsp3) is 0.385. The molecule has 0 amide bonds. The molecule has 0 spiro atoms. The van der Waals surface area contributed by atoms with Crippen LogP contribution in [0.4, 0.5) is 0 Å². The van der Waals surface area contributed by atoms with Crippen molar-refractivity contribution in [3.8, 4) is 0 Å². The van der Waals surface area contributed by atoms with Gasteiger partial charge in [0, 0.05) is 17.9 Å². The van der Waals surface area contributed by atoms with Crippen LogP contribution in [0.1, 0.15) is 42.9 Å². The average Bonchev–Trinajstić information content (AvgIpc) is 2.70. The predicted molar refractivity (Wildman–Crippen MR) is 70.7 cm³/mol. The third-order valence-electron chi connectivity index (χ3n) is 2.77. The number of aromatic nitrogens is 3. The van der Waals surface area contributed by atoms with E-state index in [0.29, 0.717) is 10.7 Å². The molecule has 4 nitrogen and oxygen atoms in total. The lowest BCUT2D eigenvalue weighted by atomic mass is 10.1. The molecule has 0 aromatic carbocycles. The van der Waals surface area contributed by atoms with E-state index in [1.165, 1.54) is 0 Å². The van der Waals surface area contributed by atoms with E-state index in [4.69, 9.17) is 11.6 Å². The highest BCUT2D eigenvalue weighted by Gasteiger charge is 2.21. The van der Waals surface area contributed by atoms with Gasteiger partial charge in [0.1, 0.15) is 6.10 Å². The van der Waals surface area contributed by atoms with Crippen LogP contribution in [0.3, 0.4) is 0 Å². The Labute approximate surface area is 111 Å². The lowest BCUT2D eigenvalue weighted by Gasteiger charge is -2.17. The molecule has 0 aliphatic carbocycles. The Morgan fingerprint density at radius 3 is 2.72 bits per heavy atom. The molecule has 2 aromatic heterocycles. The van der Waals surface area contributed by atoms with Crippen molar-refractivity contribution in [1.82, 2.24) is 14.8 Å². The van der Waals surface area contributed by atoms with Crippen molar-refractivity contribution in [2.45, 2.75) is 32.9 Å². The first kappa shape index (κ1) is 13.1. The maximum atomic E-state index is 10.4. The second kappa shape index (κ2) is 5.08. The normalized spacial score (nSPS) is 13.0. The van der Waals surface area contributed by atoms with E-state index in [9.17, 15) is 5.11 Å². The zero-order valence-corrected chi connectivity index (χ0v) is 11.4. The first-order chi connectivity index (χ1) is 8.50. The summed E-state index contributed by atoms with van der Waals surface area (Å²) in [5.74, 6) is 0. The summed E-state index contributed by atoms with van der Waals surface area (Å²) in [6.45, 7) is 5.88. The quantitative estimate of drug-likeness (QED) is 0.928. The predicted octanol–water partition coefficient (Wildman–Crippen LogP) is 2.90. The highest BCUT2D eigenvalue weighted by atomic mass is 35.5. The summed E-state index contributed by atoms with van der Waals surface area (Å²) in [7, 11) is 0. The number of rotatable bonds is 3. The Bertz CT molecular complexity index is 551. The lowest BCUT2D eigenvalue weighted by Crippen LogP contribution is -2.12. The van der Waals surface area contributed by atoms with E-state index < -0.39 is 6.10 Å². The van der Waals surface area contributed by atoms with Crippen LogP contribution in [0.2, 0.25) is 5.02 Å². The monoisotopic (exact) mass is 265 g/mol. The van der Waals surface area contributed by atoms with Crippen LogP contribution in [0.5, 0.6) is 0 Å². The molecular weight excluding hydrogens is 250 g/mol. The van der Waals surface area contributed by atoms with Crippen LogP contribution in [0.25, 0.3) is 0 Å². The summed E-state index contributed by atoms with van der Waals surface area (Å²) in [5.41, 5.74) is 2.25. The molecule has 0 aliphatic rings. The summed E-state index contributed by atoms with van der Waals surface area (Å²) in [5, 5.41) is 15.1. The number of pyridine rings is 1. The highest BCUT2D eigenvalue weighted by Crippen LogP contribution is 2.29. The maximum Gasteiger partial charge on any atom is 0.122 e. The van der Waals surface area contributed by atoms with Crippen LogP contribution in [-0.2, 0) is 0 Å². The molecule has 96 valence electrons. The fourth-order valence-electron chi connectivity index (χ4n) is 1.91. The largest absolute Gasteiger partial charge is 0.382 e. The molecule has 0 radical (unpaired) electrons. The number of aliphatic hydroxyl groups excluding tert-OH is 1. The molecule has 0 saturated carbocycles. The summed E-state index contributed by atoms with van der Waals surface area (Å²) < 4.78 is 1.74. The van der Waals surface area contributed by atoms with Crippen molar-refractivity contribution in [2.24, 2.45) is 0 Å². The molecule has 0 fully saturated rings. The van der Waals surface area contributed by atoms with E-state index in [2.05, 4.69) is 10.1 Å². The lowest BCUT2D eigenvalue weighted by molar-refractivity contribution is 0.205. The van der Waals surface area contributed by atoms with E-state index in [0.717, 1.165) is 11.3 Å². The molecule has 1 atom stereocenters. The van der Waals surface area contributed by atoms with Gasteiger partial charge in [-0.1, -0.05) is 11.6 Å². The number of hydrogen-bond acceptors (Lipinski definition) is 3. The van der Waals surface area contributed by atoms with Crippen molar-refractivity contribution in [1.29, 1.82) is 0 Å². The highest BCUT2D eigenvalue weighted by molar-refractivity contribution is 6.31. The summed E-state index contributed by atoms with van der Waals surface area (Å²) in [6, 6.07) is 3.77. The van der Waals surface area contributed by atoms with Gasteiger partial charge in [-0.05, 0) is 38.5 Å². The Hall–Kier alpha value is -1.39. The number of nitrogens with zero attached hydrogens (tertiary/aromatic N) is 3. The van der Waals surface area contributed by atoms with E-state index in [1.807, 2.05) is 26.8 Å². The van der Waals surface area contributed by atoms with Gasteiger partial charge in [-0.3, -0.25) is 9.67 Å². The van der Waals surface area contributed by atoms with Gasteiger partial charge in [-0.15, -0.1) is 0 Å². The first-order valence-electron chi connectivity index (χ1n) is 5.84. The summed E-state index contributed by atoms with van der Waals surface area (Å²) in [6.07, 6.45) is 2.45. The smallest absolute Gasteiger partial charge is 0.122 e. The molecule has 1 N–H and O–H groups in total. The maximum absolute atomic E-state index is 10.4. The topological polar surface area (TPSA) is 50.9 Å². The van der Waals surface area contributed by atoms with Crippen LogP contribution < -0.4 is 0 Å². The van der Waals surface area contributed by atoms with Crippen LogP contribution in [-0.4, -0.2) is 19.9 Å². The van der Waals surface area contributed by atoms with Gasteiger partial charge < -0.3 is 5.11 Å². The van der Waals surface area contributed by atoms with Crippen molar-refractivity contribution in [3.05, 3.63) is 46.5 Å². The number of halogens is 1. The van der Waals surface area contributed by atoms with E-state index in [-0.39, 0.29) is 6.04 Å². The second-order valence-electron chi connectivity index (χ2n) is 4.55. The molecule has 0 saturated heterocycles. The SMILES string of the molecule is Cc1cc(C(O)c2c(Cl)cnn2C(C)C)ccn1. The molecule has 2 rings (SSSR count). The Balaban J connectivity index is 2.45. The van der Waals surface area contributed by atoms with Gasteiger partial charge in [0.2, 0.25) is 0 Å². The zero-order valence-electron chi connectivity index (χ0n) is 10.6. The standard InChI is InChI=1S/C13H16ClN3O/c1-8(2)17-12(11(14)7-16-17)13(18)10-4-5-15-9(3)6-10/h4-8,13,18H,1-3H3. The number of hydrogen-bond donors (Lipinski definition) is 1. The van der Waals surface area contributed by atoms with Gasteiger partial charge in [0.25, 0.3) is 0 Å². The van der Waals surface area contributed by atoms with Gasteiger partial charge in [0.05, 0.1) is 16.9 Å². The van der Waals surface area contributed by atoms with Crippen LogP contribution in [0.15, 0.2) is 24.5 Å². The van der Waals surface area contributed by atoms with Crippen LogP contribution >= 0.6 is 11.6 Å². The number of aliphatic hydroxyl groups is 1. The summed E-state index contributed by atoms with van der Waals surface area (Å²) in [4.78, 5) is 4.12. The molecule has 2 aromatic rings. The second-order valence-corrected chi connectivity index (χ2v) is 4.96. The Morgan fingerprint density at radius 1 is 1.39 bits per heavy atom. The molecule has 18 heavy (non-hydrogen) atoms. The minimum absolute atomic E-state index is 0.144. The zero-order chi connectivity index (χ0) is 13.3. The van der Waals surface area contributed by atoms with E-state index >= 15 is 0 Å². The molecule has 1 unspecified atom stereocenters. The van der Waals surface area contributed by atoms with Crippen molar-refractivity contribution < 1.29 is 5.11 Å². The van der Waals surface area contributed by atoms with Gasteiger partial charge >= 0.3 is 0 Å². The Kier molecular flexibility index (Phi) is 3.68. The molecule has 2 heterocycles. The Morgan fingerprint density at radius 2 is 2.11 bits per heavy atom. The van der Waals surface area contributed by atoms with E-state index in [1.54, 1.807) is 23.1 Å². The molecule has 0 bridgehead atoms. The molecule has 0 aliphatic heterocycles. The summed E-state index contributed by atoms with van der Waals surface area (Å²) >= 11 is 6.11. The van der Waals surface area contributed by atoms with Gasteiger partial charge in [-0.25, -0.2) is 0 Å². The van der Waals surface area contributed by atoms with Gasteiger partial charge in [0.15, 0.2) is 0 Å². The molecule has 5 heteroatoms. The fourth-order valence-corrected chi connectivity index (χ4v) is 2.15. The number of aryl methyl sites for hydroxylation is 1.